The lowest BCUT2D eigenvalue weighted by molar-refractivity contribution is -0.135. The maximum atomic E-state index is 12.8. The average Bonchev–Trinajstić information content (AvgIpc) is 2.85. The third-order valence-electron chi connectivity index (χ3n) is 6.25. The Morgan fingerprint density at radius 3 is 2.68 bits per heavy atom. The summed E-state index contributed by atoms with van der Waals surface area (Å²) in [4.78, 5) is 41.3. The van der Waals surface area contributed by atoms with Gasteiger partial charge in [-0.25, -0.2) is 19.7 Å². The number of aliphatic hydroxyl groups excluding tert-OH is 1. The predicted octanol–water partition coefficient (Wildman–Crippen LogP) is 3.15. The Morgan fingerprint density at radius 2 is 2.03 bits per heavy atom. The van der Waals surface area contributed by atoms with E-state index in [-0.39, 0.29) is 18.0 Å². The van der Waals surface area contributed by atoms with E-state index in [0.29, 0.717) is 35.4 Å². The lowest BCUT2D eigenvalue weighted by Crippen LogP contribution is -2.47. The molecule has 0 aliphatic carbocycles. The molecule has 1 aliphatic rings. The zero-order chi connectivity index (χ0) is 27.6. The van der Waals surface area contributed by atoms with Gasteiger partial charge < -0.3 is 25.4 Å². The van der Waals surface area contributed by atoms with Crippen LogP contribution in [0.3, 0.4) is 0 Å². The first kappa shape index (κ1) is 26.8. The van der Waals surface area contributed by atoms with Crippen LogP contribution in [-0.2, 0) is 9.53 Å². The molecule has 10 heteroatoms. The number of likely N-dealkylation sites (N-methyl/N-ethyl adjacent to an activating group) is 1. The van der Waals surface area contributed by atoms with Gasteiger partial charge in [0.15, 0.2) is 11.9 Å². The number of rotatable bonds is 4. The normalized spacial score (nSPS) is 15.7. The third kappa shape index (κ3) is 5.68. The number of amides is 2. The minimum absolute atomic E-state index is 0.235. The van der Waals surface area contributed by atoms with Crippen LogP contribution >= 0.6 is 0 Å². The molecule has 4 rings (SSSR count). The second-order valence-corrected chi connectivity index (χ2v) is 10.1. The zero-order valence-electron chi connectivity index (χ0n) is 22.2. The minimum Gasteiger partial charge on any atom is -0.444 e. The van der Waals surface area contributed by atoms with Crippen LogP contribution < -0.4 is 5.73 Å². The molecule has 10 nitrogen and oxygen atoms in total. The van der Waals surface area contributed by atoms with Gasteiger partial charge >= 0.3 is 6.09 Å². The van der Waals surface area contributed by atoms with E-state index in [9.17, 15) is 14.7 Å². The van der Waals surface area contributed by atoms with Crippen LogP contribution in [0.2, 0.25) is 0 Å². The molecule has 3 N–H and O–H groups in total. The number of benzene rings is 1. The Labute approximate surface area is 221 Å². The van der Waals surface area contributed by atoms with Crippen molar-refractivity contribution in [1.29, 1.82) is 0 Å². The topological polar surface area (TPSA) is 135 Å². The van der Waals surface area contributed by atoms with Gasteiger partial charge in [0, 0.05) is 36.8 Å². The Morgan fingerprint density at radius 1 is 1.26 bits per heavy atom. The van der Waals surface area contributed by atoms with Crippen molar-refractivity contribution >= 4 is 28.9 Å². The number of nitrogens with zero attached hydrogens (tertiary/aromatic N) is 5. The number of nitrogens with two attached hydrogens (primary N) is 1. The number of ether oxygens (including phenoxy) is 1. The molecule has 3 heterocycles. The number of anilines is 1. The van der Waals surface area contributed by atoms with Crippen molar-refractivity contribution < 1.29 is 19.4 Å². The molecule has 2 aromatic heterocycles. The van der Waals surface area contributed by atoms with Crippen LogP contribution in [-0.4, -0.2) is 73.7 Å². The summed E-state index contributed by atoms with van der Waals surface area (Å²) < 4.78 is 5.60. The van der Waals surface area contributed by atoms with Gasteiger partial charge in [-0.2, -0.15) is 0 Å². The monoisotopic (exact) mass is 516 g/mol. The van der Waals surface area contributed by atoms with Gasteiger partial charge in [0.2, 0.25) is 0 Å². The Balaban J connectivity index is 1.71. The molecule has 0 spiro atoms. The van der Waals surface area contributed by atoms with E-state index >= 15 is 0 Å². The highest BCUT2D eigenvalue weighted by atomic mass is 16.6. The lowest BCUT2D eigenvalue weighted by atomic mass is 9.93. The molecule has 1 fully saturated rings. The van der Waals surface area contributed by atoms with Gasteiger partial charge in [0.1, 0.15) is 17.4 Å². The molecule has 1 aliphatic heterocycles. The molecule has 2 amide bonds. The van der Waals surface area contributed by atoms with Crippen LogP contribution in [0.15, 0.2) is 36.7 Å². The average molecular weight is 517 g/mol. The van der Waals surface area contributed by atoms with Crippen molar-refractivity contribution in [2.75, 3.05) is 25.9 Å². The van der Waals surface area contributed by atoms with Gasteiger partial charge in [-0.15, -0.1) is 0 Å². The molecule has 198 valence electrons. The number of aliphatic hydroxyl groups is 1. The van der Waals surface area contributed by atoms with E-state index < -0.39 is 17.6 Å². The van der Waals surface area contributed by atoms with Gasteiger partial charge in [0.05, 0.1) is 17.3 Å². The summed E-state index contributed by atoms with van der Waals surface area (Å²) in [6.07, 6.45) is 0.327. The van der Waals surface area contributed by atoms with Crippen molar-refractivity contribution in [3.05, 3.63) is 47.8 Å². The molecule has 3 aromatic rings. The van der Waals surface area contributed by atoms with E-state index in [1.54, 1.807) is 18.0 Å². The zero-order valence-corrected chi connectivity index (χ0v) is 22.2. The summed E-state index contributed by atoms with van der Waals surface area (Å²) in [6, 6.07) is 8.95. The van der Waals surface area contributed by atoms with Crippen LogP contribution in [0.5, 0.6) is 0 Å². The fourth-order valence-electron chi connectivity index (χ4n) is 4.07. The number of nitrogen functional groups attached to an aromatic ring is 1. The van der Waals surface area contributed by atoms with E-state index in [2.05, 4.69) is 21.8 Å². The highest BCUT2D eigenvalue weighted by Gasteiger charge is 2.38. The Hall–Kier alpha value is -4.23. The van der Waals surface area contributed by atoms with E-state index in [1.807, 2.05) is 52.0 Å². The summed E-state index contributed by atoms with van der Waals surface area (Å²) in [5.41, 5.74) is 9.35. The number of hydrogen-bond donors (Lipinski definition) is 2. The molecule has 0 radical (unpaired) electrons. The Kier molecular flexibility index (Phi) is 7.51. The van der Waals surface area contributed by atoms with Crippen molar-refractivity contribution in [3.63, 3.8) is 0 Å². The largest absolute Gasteiger partial charge is 0.444 e. The van der Waals surface area contributed by atoms with Crippen LogP contribution in [0.1, 0.15) is 51.3 Å². The predicted molar refractivity (Wildman–Crippen MR) is 144 cm³/mol. The smallest absolute Gasteiger partial charge is 0.410 e. The summed E-state index contributed by atoms with van der Waals surface area (Å²) in [5, 5.41) is 10.1. The number of carbonyl (C=O) groups excluding carboxylic acids is 2. The fourth-order valence-corrected chi connectivity index (χ4v) is 4.07. The summed E-state index contributed by atoms with van der Waals surface area (Å²) in [7, 11) is 1.61. The van der Waals surface area contributed by atoms with Crippen molar-refractivity contribution in [3.8, 4) is 23.1 Å². The number of fused-ring (bicyclic) bond motifs is 1. The van der Waals surface area contributed by atoms with Crippen LogP contribution in [0.25, 0.3) is 22.3 Å². The standard InChI is InChI=1S/C28H32N6O4/c1-6-33(5)26(36)22(35)11-10-17-8-7-9-18(14-17)20-15-19(23-24(32-20)25(29)31-16-30-23)21-12-13-34(21)27(37)38-28(2,3)4/h7-9,14-16,21-22,35H,6,12-13H2,1-5H3,(H2,29,30,31)/t21?,22-/m1/s1. The first-order valence-corrected chi connectivity index (χ1v) is 12.4. The summed E-state index contributed by atoms with van der Waals surface area (Å²) in [5.74, 6) is 5.26. The van der Waals surface area contributed by atoms with E-state index in [1.165, 1.54) is 11.2 Å². The van der Waals surface area contributed by atoms with Gasteiger partial charge in [0.25, 0.3) is 5.91 Å². The van der Waals surface area contributed by atoms with Gasteiger partial charge in [-0.3, -0.25) is 4.79 Å². The number of pyridine rings is 1. The maximum Gasteiger partial charge on any atom is 0.410 e. The highest BCUT2D eigenvalue weighted by Crippen LogP contribution is 2.39. The third-order valence-corrected chi connectivity index (χ3v) is 6.25. The second kappa shape index (κ2) is 10.6. The molecular weight excluding hydrogens is 484 g/mol. The van der Waals surface area contributed by atoms with Crippen molar-refractivity contribution in [2.45, 2.75) is 51.9 Å². The maximum absolute atomic E-state index is 12.8. The number of aromatic nitrogens is 3. The number of hydrogen-bond acceptors (Lipinski definition) is 8. The van der Waals surface area contributed by atoms with Gasteiger partial charge in [-0.05, 0) is 52.3 Å². The molecule has 0 saturated carbocycles. The summed E-state index contributed by atoms with van der Waals surface area (Å²) >= 11 is 0. The van der Waals surface area contributed by atoms with E-state index in [4.69, 9.17) is 15.5 Å². The van der Waals surface area contributed by atoms with E-state index in [0.717, 1.165) is 17.5 Å². The quantitative estimate of drug-likeness (QED) is 0.505. The second-order valence-electron chi connectivity index (χ2n) is 10.1. The highest BCUT2D eigenvalue weighted by molar-refractivity contribution is 5.89. The molecule has 0 bridgehead atoms. The summed E-state index contributed by atoms with van der Waals surface area (Å²) in [6.45, 7) is 8.36. The number of likely N-dealkylation sites (tertiary alicyclic amines) is 1. The molecular formula is C28H32N6O4. The number of carbonyl (C=O) groups is 2. The SMILES string of the molecule is CCN(C)C(=O)[C@H](O)C#Cc1cccc(-c2cc(C3CCN3C(=O)OC(C)(C)C)c3ncnc(N)c3n2)c1. The molecule has 1 aromatic carbocycles. The molecule has 1 saturated heterocycles. The fraction of sp³-hybridized carbons (Fsp3) is 0.393. The lowest BCUT2D eigenvalue weighted by Gasteiger charge is -2.41. The Bertz CT molecular complexity index is 1440. The molecule has 2 atom stereocenters. The molecule has 1 unspecified atom stereocenters. The molecule has 38 heavy (non-hydrogen) atoms. The van der Waals surface area contributed by atoms with Crippen LogP contribution in [0.4, 0.5) is 10.6 Å². The van der Waals surface area contributed by atoms with Crippen molar-refractivity contribution in [2.24, 2.45) is 0 Å². The van der Waals surface area contributed by atoms with Crippen LogP contribution in [0, 0.1) is 11.8 Å². The van der Waals surface area contributed by atoms with Gasteiger partial charge in [-0.1, -0.05) is 24.0 Å². The first-order chi connectivity index (χ1) is 18.0. The van der Waals surface area contributed by atoms with Crippen molar-refractivity contribution in [1.82, 2.24) is 24.8 Å². The minimum atomic E-state index is -1.41. The first-order valence-electron chi connectivity index (χ1n) is 12.4.